The zero-order valence-corrected chi connectivity index (χ0v) is 16.2. The Morgan fingerprint density at radius 2 is 2.00 bits per heavy atom. The van der Waals surface area contributed by atoms with Crippen molar-refractivity contribution in [2.45, 2.75) is 39.2 Å². The molecular formula is C20H24BFN4O2. The van der Waals surface area contributed by atoms with Gasteiger partial charge in [-0.3, -0.25) is 14.8 Å². The molecule has 0 aliphatic carbocycles. The van der Waals surface area contributed by atoms with Crippen molar-refractivity contribution in [3.05, 3.63) is 53.6 Å². The van der Waals surface area contributed by atoms with Crippen molar-refractivity contribution < 1.29 is 14.2 Å². The molecule has 1 saturated heterocycles. The summed E-state index contributed by atoms with van der Waals surface area (Å²) in [4.78, 5) is 23.0. The quantitative estimate of drug-likeness (QED) is 0.830. The molecule has 8 heteroatoms. The number of pyridine rings is 1. The Hall–Kier alpha value is -2.45. The first-order chi connectivity index (χ1) is 13.5. The van der Waals surface area contributed by atoms with Gasteiger partial charge in [0.25, 0.3) is 0 Å². The minimum absolute atomic E-state index is 0.00136. The van der Waals surface area contributed by atoms with Gasteiger partial charge in [0.15, 0.2) is 0 Å². The van der Waals surface area contributed by atoms with Gasteiger partial charge in [0, 0.05) is 24.0 Å². The zero-order chi connectivity index (χ0) is 19.8. The van der Waals surface area contributed by atoms with Gasteiger partial charge in [0.05, 0.1) is 17.9 Å². The van der Waals surface area contributed by atoms with Gasteiger partial charge in [-0.1, -0.05) is 12.1 Å². The Morgan fingerprint density at radius 1 is 1.25 bits per heavy atom. The van der Waals surface area contributed by atoms with Gasteiger partial charge < -0.3 is 9.83 Å². The van der Waals surface area contributed by atoms with E-state index in [0.717, 1.165) is 29.7 Å². The lowest BCUT2D eigenvalue weighted by Gasteiger charge is -2.44. The predicted octanol–water partition coefficient (Wildman–Crippen LogP) is 3.05. The summed E-state index contributed by atoms with van der Waals surface area (Å²) in [6.07, 6.45) is 4.95. The number of aryl methyl sites for hydroxylation is 1. The average molecular weight is 382 g/mol. The van der Waals surface area contributed by atoms with Gasteiger partial charge in [-0.25, -0.2) is 9.18 Å². The van der Waals surface area contributed by atoms with Crippen molar-refractivity contribution in [2.24, 2.45) is 0 Å². The van der Waals surface area contributed by atoms with Crippen LogP contribution in [0.2, 0.25) is 6.82 Å². The first-order valence-electron chi connectivity index (χ1n) is 9.68. The van der Waals surface area contributed by atoms with Gasteiger partial charge >= 0.3 is 13.1 Å². The molecule has 0 radical (unpaired) electrons. The Bertz CT molecular complexity index is 866. The number of anilines is 2. The van der Waals surface area contributed by atoms with Gasteiger partial charge in [0.1, 0.15) is 5.82 Å². The normalized spacial score (nSPS) is 18.4. The lowest BCUT2D eigenvalue weighted by molar-refractivity contribution is 0.238. The van der Waals surface area contributed by atoms with Gasteiger partial charge in [-0.05, 0) is 57.4 Å². The van der Waals surface area contributed by atoms with Crippen LogP contribution in [0.3, 0.4) is 0 Å². The number of urea groups is 1. The van der Waals surface area contributed by atoms with E-state index in [1.165, 1.54) is 11.0 Å². The van der Waals surface area contributed by atoms with Crippen molar-refractivity contribution in [1.82, 2.24) is 9.79 Å². The lowest BCUT2D eigenvalue weighted by atomic mass is 9.82. The molecule has 2 aliphatic heterocycles. The van der Waals surface area contributed by atoms with E-state index in [4.69, 9.17) is 0 Å². The summed E-state index contributed by atoms with van der Waals surface area (Å²) in [5, 5.41) is 9.82. The second-order valence-electron chi connectivity index (χ2n) is 7.55. The smallest absolute Gasteiger partial charge is 0.376 e. The zero-order valence-electron chi connectivity index (χ0n) is 16.2. The third kappa shape index (κ3) is 3.27. The second kappa shape index (κ2) is 7.52. The van der Waals surface area contributed by atoms with Crippen LogP contribution >= 0.6 is 0 Å². The molecule has 2 amide bonds. The summed E-state index contributed by atoms with van der Waals surface area (Å²) in [5.74, 6) is -0.399. The maximum atomic E-state index is 14.6. The van der Waals surface area contributed by atoms with Crippen molar-refractivity contribution in [1.29, 1.82) is 0 Å². The Labute approximate surface area is 164 Å². The van der Waals surface area contributed by atoms with Crippen LogP contribution in [0.25, 0.3) is 0 Å². The monoisotopic (exact) mass is 382 g/mol. The molecule has 1 N–H and O–H groups in total. The highest BCUT2D eigenvalue weighted by atomic mass is 19.1. The molecule has 0 atom stereocenters. The van der Waals surface area contributed by atoms with E-state index < -0.39 is 12.9 Å². The molecule has 4 rings (SSSR count). The van der Waals surface area contributed by atoms with Gasteiger partial charge in [-0.2, -0.15) is 0 Å². The van der Waals surface area contributed by atoms with Gasteiger partial charge in [-0.15, -0.1) is 0 Å². The van der Waals surface area contributed by atoms with Crippen LogP contribution in [-0.4, -0.2) is 47.0 Å². The molecular weight excluding hydrogens is 358 g/mol. The van der Waals surface area contributed by atoms with Crippen LogP contribution in [0, 0.1) is 12.7 Å². The fourth-order valence-corrected chi connectivity index (χ4v) is 4.26. The molecule has 0 spiro atoms. The first kappa shape index (κ1) is 18.9. The number of aromatic nitrogens is 1. The minimum atomic E-state index is -0.493. The van der Waals surface area contributed by atoms with Crippen LogP contribution in [-0.2, 0) is 6.54 Å². The Balaban J connectivity index is 1.70. The SMILES string of the molecule is CB(O)N1CCC(N2C(=O)N(c3c(C)cccc3F)Cc3cnccc32)CC1. The third-order valence-corrected chi connectivity index (χ3v) is 5.75. The van der Waals surface area contributed by atoms with Crippen molar-refractivity contribution in [3.63, 3.8) is 0 Å². The highest BCUT2D eigenvalue weighted by molar-refractivity contribution is 6.45. The van der Waals surface area contributed by atoms with Crippen molar-refractivity contribution >= 4 is 24.5 Å². The molecule has 3 heterocycles. The third-order valence-electron chi connectivity index (χ3n) is 5.75. The number of fused-ring (bicyclic) bond motifs is 1. The van der Waals surface area contributed by atoms with E-state index >= 15 is 0 Å². The fourth-order valence-electron chi connectivity index (χ4n) is 4.26. The number of amides is 2. The number of para-hydroxylation sites is 1. The molecule has 146 valence electrons. The van der Waals surface area contributed by atoms with E-state index in [9.17, 15) is 14.2 Å². The molecule has 2 aliphatic rings. The highest BCUT2D eigenvalue weighted by Crippen LogP contribution is 2.36. The van der Waals surface area contributed by atoms with Gasteiger partial charge in [0.2, 0.25) is 0 Å². The number of hydrogen-bond donors (Lipinski definition) is 1. The Morgan fingerprint density at radius 3 is 2.68 bits per heavy atom. The number of benzene rings is 1. The molecule has 0 bridgehead atoms. The lowest BCUT2D eigenvalue weighted by Crippen LogP contribution is -2.56. The molecule has 1 aromatic heterocycles. The van der Waals surface area contributed by atoms with Crippen LogP contribution in [0.5, 0.6) is 0 Å². The minimum Gasteiger partial charge on any atom is -0.437 e. The standard InChI is InChI=1S/C20H24BFN4O2/c1-14-4-3-5-17(22)19(14)25-13-15-12-23-9-6-18(15)26(20(25)27)16-7-10-24(11-8-16)21(2)28/h3-6,9,12,16,28H,7-8,10-11,13H2,1-2H3. The summed E-state index contributed by atoms with van der Waals surface area (Å²) in [7, 11) is -0.493. The summed E-state index contributed by atoms with van der Waals surface area (Å²) in [6.45, 7) is 5.30. The number of halogens is 1. The Kier molecular flexibility index (Phi) is 5.08. The number of rotatable bonds is 3. The highest BCUT2D eigenvalue weighted by Gasteiger charge is 2.39. The summed E-state index contributed by atoms with van der Waals surface area (Å²) in [5.41, 5.74) is 2.81. The van der Waals surface area contributed by atoms with E-state index in [1.807, 2.05) is 23.9 Å². The molecule has 28 heavy (non-hydrogen) atoms. The van der Waals surface area contributed by atoms with Crippen LogP contribution in [0.4, 0.5) is 20.6 Å². The summed E-state index contributed by atoms with van der Waals surface area (Å²) in [6, 6.07) is 6.51. The largest absolute Gasteiger partial charge is 0.437 e. The van der Waals surface area contributed by atoms with Crippen LogP contribution in [0.1, 0.15) is 24.0 Å². The second-order valence-corrected chi connectivity index (χ2v) is 7.55. The maximum Gasteiger partial charge on any atom is 0.376 e. The first-order valence-corrected chi connectivity index (χ1v) is 9.68. The van der Waals surface area contributed by atoms with E-state index in [1.54, 1.807) is 30.2 Å². The van der Waals surface area contributed by atoms with E-state index in [2.05, 4.69) is 4.98 Å². The van der Waals surface area contributed by atoms with Crippen molar-refractivity contribution in [3.8, 4) is 0 Å². The fraction of sp³-hybridized carbons (Fsp3) is 0.400. The van der Waals surface area contributed by atoms with E-state index in [-0.39, 0.29) is 12.1 Å². The molecule has 0 unspecified atom stereocenters. The maximum absolute atomic E-state index is 14.6. The predicted molar refractivity (Wildman–Crippen MR) is 108 cm³/mol. The topological polar surface area (TPSA) is 59.9 Å². The number of carbonyl (C=O) groups is 1. The van der Waals surface area contributed by atoms with E-state index in [0.29, 0.717) is 25.3 Å². The number of hydrogen-bond acceptors (Lipinski definition) is 4. The molecule has 0 saturated carbocycles. The molecule has 2 aromatic rings. The molecule has 6 nitrogen and oxygen atoms in total. The van der Waals surface area contributed by atoms with Crippen molar-refractivity contribution in [2.75, 3.05) is 22.9 Å². The summed E-state index contributed by atoms with van der Waals surface area (Å²) >= 11 is 0. The molecule has 1 fully saturated rings. The van der Waals surface area contributed by atoms with Crippen LogP contribution < -0.4 is 9.80 Å². The average Bonchev–Trinajstić information content (AvgIpc) is 2.68. The van der Waals surface area contributed by atoms with Crippen LogP contribution in [0.15, 0.2) is 36.7 Å². The summed E-state index contributed by atoms with van der Waals surface area (Å²) < 4.78 is 14.6. The molecule has 1 aromatic carbocycles. The number of piperidine rings is 1. The number of carbonyl (C=O) groups excluding carboxylic acids is 1. The number of nitrogens with zero attached hydrogens (tertiary/aromatic N) is 4.